The zero-order valence-electron chi connectivity index (χ0n) is 18.5. The highest BCUT2D eigenvalue weighted by Gasteiger charge is 2.16. The van der Waals surface area contributed by atoms with Crippen molar-refractivity contribution in [2.75, 3.05) is 12.4 Å². The SMILES string of the molecule is COC(=O)c1ccc(-n2c(C)cc(/C=C(/C#N)C(=O)Nc3ccc(C)c(Cl)c3)c2C)cc1Cl. The maximum absolute atomic E-state index is 12.7. The molecule has 2 aromatic carbocycles. The van der Waals surface area contributed by atoms with Gasteiger partial charge in [0.25, 0.3) is 5.91 Å². The van der Waals surface area contributed by atoms with E-state index < -0.39 is 11.9 Å². The lowest BCUT2D eigenvalue weighted by molar-refractivity contribution is -0.112. The van der Waals surface area contributed by atoms with Gasteiger partial charge in [0.1, 0.15) is 11.6 Å². The van der Waals surface area contributed by atoms with Gasteiger partial charge in [-0.25, -0.2) is 4.79 Å². The minimum Gasteiger partial charge on any atom is -0.465 e. The molecule has 8 heteroatoms. The normalized spacial score (nSPS) is 11.1. The summed E-state index contributed by atoms with van der Waals surface area (Å²) in [5.74, 6) is -1.05. The van der Waals surface area contributed by atoms with Crippen molar-refractivity contribution in [1.82, 2.24) is 4.57 Å². The number of benzene rings is 2. The maximum Gasteiger partial charge on any atom is 0.339 e. The molecule has 1 heterocycles. The van der Waals surface area contributed by atoms with Crippen LogP contribution in [0.15, 0.2) is 48.0 Å². The molecule has 0 saturated carbocycles. The van der Waals surface area contributed by atoms with Gasteiger partial charge in [0.15, 0.2) is 0 Å². The van der Waals surface area contributed by atoms with Crippen LogP contribution in [0.2, 0.25) is 10.0 Å². The standard InChI is InChI=1S/C25H21Cl2N3O3/c1-14-5-6-19(11-22(14)26)29-24(31)18(13-28)10-17-9-15(2)30(16(17)3)20-7-8-21(23(27)12-20)25(32)33-4/h5-12H,1-4H3,(H,29,31)/b18-10-. The molecule has 33 heavy (non-hydrogen) atoms. The summed E-state index contributed by atoms with van der Waals surface area (Å²) in [6.45, 7) is 5.63. The molecule has 3 aromatic rings. The summed E-state index contributed by atoms with van der Waals surface area (Å²) in [4.78, 5) is 24.5. The van der Waals surface area contributed by atoms with Gasteiger partial charge in [-0.2, -0.15) is 5.26 Å². The van der Waals surface area contributed by atoms with Crippen LogP contribution in [0, 0.1) is 32.1 Å². The molecule has 1 aromatic heterocycles. The van der Waals surface area contributed by atoms with Crippen molar-refractivity contribution in [2.24, 2.45) is 0 Å². The predicted octanol–water partition coefficient (Wildman–Crippen LogP) is 6.04. The molecule has 0 saturated heterocycles. The molecule has 0 aliphatic rings. The first kappa shape index (κ1) is 24.1. The lowest BCUT2D eigenvalue weighted by Crippen LogP contribution is -2.13. The Kier molecular flexibility index (Phi) is 7.27. The number of anilines is 1. The van der Waals surface area contributed by atoms with Crippen LogP contribution in [0.4, 0.5) is 5.69 Å². The molecule has 6 nitrogen and oxygen atoms in total. The molecule has 0 bridgehead atoms. The quantitative estimate of drug-likeness (QED) is 0.273. The summed E-state index contributed by atoms with van der Waals surface area (Å²) >= 11 is 12.4. The monoisotopic (exact) mass is 481 g/mol. The van der Waals surface area contributed by atoms with Crippen molar-refractivity contribution in [1.29, 1.82) is 5.26 Å². The van der Waals surface area contributed by atoms with Gasteiger partial charge in [-0.05, 0) is 74.4 Å². The van der Waals surface area contributed by atoms with E-state index in [2.05, 4.69) is 5.32 Å². The molecule has 0 atom stereocenters. The molecule has 0 unspecified atom stereocenters. The van der Waals surface area contributed by atoms with Crippen LogP contribution >= 0.6 is 23.2 Å². The third kappa shape index (κ3) is 5.11. The first-order valence-corrected chi connectivity index (χ1v) is 10.7. The number of nitriles is 1. The number of aromatic nitrogens is 1. The van der Waals surface area contributed by atoms with E-state index in [1.54, 1.807) is 36.4 Å². The van der Waals surface area contributed by atoms with E-state index in [1.807, 2.05) is 37.5 Å². The molecular formula is C25H21Cl2N3O3. The number of hydrogen-bond acceptors (Lipinski definition) is 4. The Morgan fingerprint density at radius 1 is 1.06 bits per heavy atom. The second kappa shape index (κ2) is 9.95. The average molecular weight is 482 g/mol. The minimum atomic E-state index is -0.535. The highest BCUT2D eigenvalue weighted by Crippen LogP contribution is 2.27. The number of nitrogens with zero attached hydrogens (tertiary/aromatic N) is 2. The number of methoxy groups -OCH3 is 1. The topological polar surface area (TPSA) is 84.1 Å². The van der Waals surface area contributed by atoms with Crippen LogP contribution in [0.1, 0.15) is 32.9 Å². The Morgan fingerprint density at radius 3 is 2.39 bits per heavy atom. The molecule has 168 valence electrons. The summed E-state index contributed by atoms with van der Waals surface area (Å²) in [5, 5.41) is 13.1. The zero-order valence-corrected chi connectivity index (χ0v) is 20.0. The molecule has 1 amide bonds. The van der Waals surface area contributed by atoms with E-state index in [1.165, 1.54) is 13.2 Å². The van der Waals surface area contributed by atoms with E-state index in [0.29, 0.717) is 16.3 Å². The second-order valence-electron chi connectivity index (χ2n) is 7.41. The average Bonchev–Trinajstić information content (AvgIpc) is 3.06. The lowest BCUT2D eigenvalue weighted by Gasteiger charge is -2.12. The lowest BCUT2D eigenvalue weighted by atomic mass is 10.1. The first-order valence-electron chi connectivity index (χ1n) is 9.92. The van der Waals surface area contributed by atoms with Crippen molar-refractivity contribution in [3.8, 4) is 11.8 Å². The van der Waals surface area contributed by atoms with Gasteiger partial charge < -0.3 is 14.6 Å². The Bertz CT molecular complexity index is 1330. The second-order valence-corrected chi connectivity index (χ2v) is 8.22. The fraction of sp³-hybridized carbons (Fsp3) is 0.160. The number of hydrogen-bond donors (Lipinski definition) is 1. The third-order valence-corrected chi connectivity index (χ3v) is 5.90. The van der Waals surface area contributed by atoms with Crippen molar-refractivity contribution in [3.05, 3.63) is 86.2 Å². The summed E-state index contributed by atoms with van der Waals surface area (Å²) < 4.78 is 6.66. The molecule has 0 radical (unpaired) electrons. The highest BCUT2D eigenvalue weighted by atomic mass is 35.5. The smallest absolute Gasteiger partial charge is 0.339 e. The van der Waals surface area contributed by atoms with Gasteiger partial charge in [-0.3, -0.25) is 4.79 Å². The summed E-state index contributed by atoms with van der Waals surface area (Å²) in [5.41, 5.74) is 4.71. The molecule has 0 aliphatic heterocycles. The Labute approximate surface area is 202 Å². The first-order chi connectivity index (χ1) is 15.7. The number of ether oxygens (including phenoxy) is 1. The highest BCUT2D eigenvalue weighted by molar-refractivity contribution is 6.33. The molecule has 0 aliphatic carbocycles. The van der Waals surface area contributed by atoms with E-state index in [4.69, 9.17) is 27.9 Å². The van der Waals surface area contributed by atoms with Crippen LogP contribution in [-0.2, 0) is 9.53 Å². The summed E-state index contributed by atoms with van der Waals surface area (Å²) in [7, 11) is 1.29. The fourth-order valence-electron chi connectivity index (χ4n) is 3.42. The number of halogens is 2. The van der Waals surface area contributed by atoms with E-state index >= 15 is 0 Å². The number of nitrogens with one attached hydrogen (secondary N) is 1. The number of aryl methyl sites for hydroxylation is 2. The van der Waals surface area contributed by atoms with Crippen LogP contribution in [0.25, 0.3) is 11.8 Å². The molecular weight excluding hydrogens is 461 g/mol. The van der Waals surface area contributed by atoms with Gasteiger partial charge >= 0.3 is 5.97 Å². The van der Waals surface area contributed by atoms with Gasteiger partial charge in [0.05, 0.1) is 17.7 Å². The minimum absolute atomic E-state index is 0.0500. The van der Waals surface area contributed by atoms with Gasteiger partial charge in [0, 0.05) is 27.8 Å². The number of rotatable bonds is 5. The van der Waals surface area contributed by atoms with E-state index in [0.717, 1.165) is 22.6 Å². The molecule has 3 rings (SSSR count). The molecule has 1 N–H and O–H groups in total. The van der Waals surface area contributed by atoms with Crippen molar-refractivity contribution >= 4 is 46.8 Å². The van der Waals surface area contributed by atoms with Gasteiger partial charge in [-0.15, -0.1) is 0 Å². The van der Waals surface area contributed by atoms with E-state index in [-0.39, 0.29) is 16.2 Å². The van der Waals surface area contributed by atoms with E-state index in [9.17, 15) is 14.9 Å². The zero-order chi connectivity index (χ0) is 24.3. The summed E-state index contributed by atoms with van der Waals surface area (Å²) in [6.07, 6.45) is 1.54. The van der Waals surface area contributed by atoms with Crippen LogP contribution in [-0.4, -0.2) is 23.6 Å². The van der Waals surface area contributed by atoms with Crippen molar-refractivity contribution in [2.45, 2.75) is 20.8 Å². The Morgan fingerprint density at radius 2 is 1.79 bits per heavy atom. The molecule has 0 spiro atoms. The van der Waals surface area contributed by atoms with Gasteiger partial charge in [-0.1, -0.05) is 29.3 Å². The number of carbonyl (C=O) groups is 2. The maximum atomic E-state index is 12.7. The largest absolute Gasteiger partial charge is 0.465 e. The fourth-order valence-corrected chi connectivity index (χ4v) is 3.86. The third-order valence-electron chi connectivity index (χ3n) is 5.18. The Hall–Kier alpha value is -3.53. The number of carbonyl (C=O) groups excluding carboxylic acids is 2. The molecule has 0 fully saturated rings. The van der Waals surface area contributed by atoms with Gasteiger partial charge in [0.2, 0.25) is 0 Å². The Balaban J connectivity index is 1.94. The summed E-state index contributed by atoms with van der Waals surface area (Å²) in [6, 6.07) is 14.0. The predicted molar refractivity (Wildman–Crippen MR) is 130 cm³/mol. The van der Waals surface area contributed by atoms with Crippen LogP contribution in [0.3, 0.4) is 0 Å². The van der Waals surface area contributed by atoms with Crippen LogP contribution < -0.4 is 5.32 Å². The van der Waals surface area contributed by atoms with Crippen molar-refractivity contribution in [3.63, 3.8) is 0 Å². The number of amides is 1. The number of esters is 1. The van der Waals surface area contributed by atoms with Crippen molar-refractivity contribution < 1.29 is 14.3 Å². The van der Waals surface area contributed by atoms with Crippen LogP contribution in [0.5, 0.6) is 0 Å².